The van der Waals surface area contributed by atoms with Crippen molar-refractivity contribution in [1.82, 2.24) is 15.1 Å². The largest absolute Gasteiger partial charge is 0.314 e. The van der Waals surface area contributed by atoms with Crippen LogP contribution in [0.3, 0.4) is 0 Å². The van der Waals surface area contributed by atoms with E-state index in [0.717, 1.165) is 12.2 Å². The summed E-state index contributed by atoms with van der Waals surface area (Å²) in [5, 5.41) is 8.17. The lowest BCUT2D eigenvalue weighted by atomic mass is 9.91. The number of rotatable bonds is 4. The quantitative estimate of drug-likeness (QED) is 0.847. The van der Waals surface area contributed by atoms with Crippen molar-refractivity contribution < 1.29 is 0 Å². The normalized spacial score (nSPS) is 25.9. The zero-order valence-corrected chi connectivity index (χ0v) is 10.4. The molecule has 1 aliphatic rings. The molecule has 2 unspecified atom stereocenters. The van der Waals surface area contributed by atoms with Crippen LogP contribution in [-0.4, -0.2) is 22.4 Å². The van der Waals surface area contributed by atoms with Gasteiger partial charge in [-0.3, -0.25) is 4.68 Å². The van der Waals surface area contributed by atoms with Crippen molar-refractivity contribution in [2.75, 3.05) is 6.54 Å². The van der Waals surface area contributed by atoms with Crippen LogP contribution in [0.15, 0.2) is 12.3 Å². The highest BCUT2D eigenvalue weighted by Crippen LogP contribution is 2.27. The second-order valence-corrected chi connectivity index (χ2v) is 4.91. The summed E-state index contributed by atoms with van der Waals surface area (Å²) in [6, 6.07) is 3.41. The Kier molecular flexibility index (Phi) is 3.99. The van der Waals surface area contributed by atoms with Crippen LogP contribution < -0.4 is 5.32 Å². The summed E-state index contributed by atoms with van der Waals surface area (Å²) in [5.41, 5.74) is 1.13. The SMILES string of the molecule is CCCNC1CCCC(n2ccc(C)n2)C1. The van der Waals surface area contributed by atoms with E-state index in [-0.39, 0.29) is 0 Å². The predicted octanol–water partition coefficient (Wildman–Crippen LogP) is 2.67. The first-order valence-corrected chi connectivity index (χ1v) is 6.54. The molecule has 3 nitrogen and oxygen atoms in total. The summed E-state index contributed by atoms with van der Waals surface area (Å²) < 4.78 is 2.16. The minimum atomic E-state index is 0.608. The smallest absolute Gasteiger partial charge is 0.0593 e. The monoisotopic (exact) mass is 221 g/mol. The van der Waals surface area contributed by atoms with E-state index >= 15 is 0 Å². The molecule has 0 aromatic carbocycles. The number of aryl methyl sites for hydroxylation is 1. The first-order valence-electron chi connectivity index (χ1n) is 6.54. The maximum absolute atomic E-state index is 4.54. The first-order chi connectivity index (χ1) is 7.79. The molecule has 1 fully saturated rings. The molecule has 0 aliphatic heterocycles. The molecule has 2 rings (SSSR count). The van der Waals surface area contributed by atoms with Gasteiger partial charge < -0.3 is 5.32 Å². The van der Waals surface area contributed by atoms with Gasteiger partial charge in [0.2, 0.25) is 0 Å². The second-order valence-electron chi connectivity index (χ2n) is 4.91. The van der Waals surface area contributed by atoms with E-state index in [9.17, 15) is 0 Å². The summed E-state index contributed by atoms with van der Waals surface area (Å²) >= 11 is 0. The van der Waals surface area contributed by atoms with Crippen molar-refractivity contribution >= 4 is 0 Å². The molecule has 1 heterocycles. The molecule has 0 spiro atoms. The highest BCUT2D eigenvalue weighted by Gasteiger charge is 2.22. The van der Waals surface area contributed by atoms with Gasteiger partial charge >= 0.3 is 0 Å². The molecule has 1 aromatic rings. The molecule has 90 valence electrons. The van der Waals surface area contributed by atoms with E-state index in [1.165, 1.54) is 32.1 Å². The lowest BCUT2D eigenvalue weighted by molar-refractivity contribution is 0.270. The highest BCUT2D eigenvalue weighted by atomic mass is 15.3. The van der Waals surface area contributed by atoms with Crippen LogP contribution in [0.4, 0.5) is 0 Å². The molecule has 1 aromatic heterocycles. The second kappa shape index (κ2) is 5.48. The van der Waals surface area contributed by atoms with Crippen LogP contribution in [0, 0.1) is 6.92 Å². The van der Waals surface area contributed by atoms with E-state index in [0.29, 0.717) is 12.1 Å². The average molecular weight is 221 g/mol. The molecular formula is C13H23N3. The Morgan fingerprint density at radius 2 is 2.38 bits per heavy atom. The van der Waals surface area contributed by atoms with E-state index in [4.69, 9.17) is 0 Å². The van der Waals surface area contributed by atoms with Crippen molar-refractivity contribution in [3.05, 3.63) is 18.0 Å². The molecule has 1 saturated carbocycles. The Morgan fingerprint density at radius 1 is 1.50 bits per heavy atom. The van der Waals surface area contributed by atoms with Crippen LogP contribution in [0.5, 0.6) is 0 Å². The predicted molar refractivity (Wildman–Crippen MR) is 66.6 cm³/mol. The number of hydrogen-bond acceptors (Lipinski definition) is 2. The van der Waals surface area contributed by atoms with Gasteiger partial charge in [-0.1, -0.05) is 6.92 Å². The van der Waals surface area contributed by atoms with Crippen molar-refractivity contribution in [2.24, 2.45) is 0 Å². The minimum Gasteiger partial charge on any atom is -0.314 e. The van der Waals surface area contributed by atoms with E-state index in [1.54, 1.807) is 0 Å². The van der Waals surface area contributed by atoms with Gasteiger partial charge in [0.25, 0.3) is 0 Å². The lowest BCUT2D eigenvalue weighted by Crippen LogP contribution is -2.35. The average Bonchev–Trinajstić information content (AvgIpc) is 2.74. The molecule has 3 heteroatoms. The summed E-state index contributed by atoms with van der Waals surface area (Å²) in [5.74, 6) is 0. The molecule has 16 heavy (non-hydrogen) atoms. The Labute approximate surface area is 98.2 Å². The third-order valence-corrected chi connectivity index (χ3v) is 3.45. The van der Waals surface area contributed by atoms with Gasteiger partial charge in [-0.05, 0) is 51.6 Å². The van der Waals surface area contributed by atoms with E-state index in [2.05, 4.69) is 41.2 Å². The van der Waals surface area contributed by atoms with Gasteiger partial charge in [0.05, 0.1) is 11.7 Å². The van der Waals surface area contributed by atoms with Crippen molar-refractivity contribution in [1.29, 1.82) is 0 Å². The molecule has 0 amide bonds. The van der Waals surface area contributed by atoms with Gasteiger partial charge in [0.1, 0.15) is 0 Å². The fourth-order valence-electron chi connectivity index (χ4n) is 2.57. The number of nitrogens with zero attached hydrogens (tertiary/aromatic N) is 2. The number of aromatic nitrogens is 2. The third kappa shape index (κ3) is 2.85. The standard InChI is InChI=1S/C13H23N3/c1-3-8-14-12-5-4-6-13(10-12)16-9-7-11(2)15-16/h7,9,12-14H,3-6,8,10H2,1-2H3. The molecule has 0 radical (unpaired) electrons. The van der Waals surface area contributed by atoms with Crippen LogP contribution in [0.2, 0.25) is 0 Å². The highest BCUT2D eigenvalue weighted by molar-refractivity contribution is 4.97. The third-order valence-electron chi connectivity index (χ3n) is 3.45. The van der Waals surface area contributed by atoms with Crippen LogP contribution in [0.25, 0.3) is 0 Å². The number of hydrogen-bond donors (Lipinski definition) is 1. The van der Waals surface area contributed by atoms with Crippen LogP contribution in [0.1, 0.15) is 50.8 Å². The molecule has 0 saturated heterocycles. The summed E-state index contributed by atoms with van der Waals surface area (Å²) in [6.45, 7) is 5.44. The van der Waals surface area contributed by atoms with E-state index in [1.807, 2.05) is 0 Å². The zero-order chi connectivity index (χ0) is 11.4. The van der Waals surface area contributed by atoms with Crippen LogP contribution >= 0.6 is 0 Å². The van der Waals surface area contributed by atoms with E-state index < -0.39 is 0 Å². The lowest BCUT2D eigenvalue weighted by Gasteiger charge is -2.30. The van der Waals surface area contributed by atoms with Gasteiger partial charge in [-0.15, -0.1) is 0 Å². The van der Waals surface area contributed by atoms with Gasteiger partial charge in [-0.2, -0.15) is 5.10 Å². The molecule has 1 aliphatic carbocycles. The van der Waals surface area contributed by atoms with Crippen molar-refractivity contribution in [3.8, 4) is 0 Å². The van der Waals surface area contributed by atoms with Crippen LogP contribution in [-0.2, 0) is 0 Å². The molecule has 1 N–H and O–H groups in total. The van der Waals surface area contributed by atoms with Crippen molar-refractivity contribution in [3.63, 3.8) is 0 Å². The molecular weight excluding hydrogens is 198 g/mol. The van der Waals surface area contributed by atoms with Gasteiger partial charge in [0.15, 0.2) is 0 Å². The maximum Gasteiger partial charge on any atom is 0.0593 e. The summed E-state index contributed by atoms with van der Waals surface area (Å²) in [4.78, 5) is 0. The Balaban J connectivity index is 1.91. The van der Waals surface area contributed by atoms with Gasteiger partial charge in [0, 0.05) is 12.2 Å². The molecule has 0 bridgehead atoms. The van der Waals surface area contributed by atoms with Crippen molar-refractivity contribution in [2.45, 2.75) is 58.0 Å². The topological polar surface area (TPSA) is 29.9 Å². The zero-order valence-electron chi connectivity index (χ0n) is 10.4. The Hall–Kier alpha value is -0.830. The molecule has 2 atom stereocenters. The fourth-order valence-corrected chi connectivity index (χ4v) is 2.57. The fraction of sp³-hybridized carbons (Fsp3) is 0.769. The summed E-state index contributed by atoms with van der Waals surface area (Å²) in [7, 11) is 0. The Bertz CT molecular complexity index is 319. The van der Waals surface area contributed by atoms with Gasteiger partial charge in [-0.25, -0.2) is 0 Å². The number of nitrogens with one attached hydrogen (secondary N) is 1. The maximum atomic E-state index is 4.54. The Morgan fingerprint density at radius 3 is 3.06 bits per heavy atom. The minimum absolute atomic E-state index is 0.608. The first kappa shape index (κ1) is 11.6. The summed E-state index contributed by atoms with van der Waals surface area (Å²) in [6.07, 6.45) is 8.53.